The van der Waals surface area contributed by atoms with Gasteiger partial charge in [0.15, 0.2) is 23.1 Å². The van der Waals surface area contributed by atoms with Crippen LogP contribution in [0.5, 0.6) is 11.5 Å². The standard InChI is InChI=1S/C15H13BrF2O3/c1-20-13-6-9(7-19)5-11(16)15(13)21-8-10-3-2-4-12(17)14(10)18/h2-6,19H,7-8H2,1H3. The van der Waals surface area contributed by atoms with Crippen molar-refractivity contribution in [2.45, 2.75) is 13.2 Å². The summed E-state index contributed by atoms with van der Waals surface area (Å²) in [7, 11) is 1.46. The molecule has 0 radical (unpaired) electrons. The first-order valence-electron chi connectivity index (χ1n) is 6.09. The normalized spacial score (nSPS) is 10.5. The molecule has 21 heavy (non-hydrogen) atoms. The van der Waals surface area contributed by atoms with Crippen molar-refractivity contribution in [1.82, 2.24) is 0 Å². The van der Waals surface area contributed by atoms with E-state index in [0.29, 0.717) is 21.5 Å². The van der Waals surface area contributed by atoms with Gasteiger partial charge in [-0.1, -0.05) is 12.1 Å². The van der Waals surface area contributed by atoms with Gasteiger partial charge in [0.2, 0.25) is 0 Å². The summed E-state index contributed by atoms with van der Waals surface area (Å²) in [4.78, 5) is 0. The summed E-state index contributed by atoms with van der Waals surface area (Å²) in [6.45, 7) is -0.287. The van der Waals surface area contributed by atoms with Crippen molar-refractivity contribution in [3.8, 4) is 11.5 Å². The number of hydrogen-bond donors (Lipinski definition) is 1. The first-order chi connectivity index (χ1) is 10.1. The van der Waals surface area contributed by atoms with E-state index in [-0.39, 0.29) is 18.8 Å². The SMILES string of the molecule is COc1cc(CO)cc(Br)c1OCc1cccc(F)c1F. The molecule has 0 saturated heterocycles. The summed E-state index contributed by atoms with van der Waals surface area (Å²) in [6.07, 6.45) is 0. The molecule has 0 amide bonds. The Bertz CT molecular complexity index is 647. The number of aliphatic hydroxyl groups excluding tert-OH is 1. The van der Waals surface area contributed by atoms with Gasteiger partial charge in [-0.15, -0.1) is 0 Å². The fraction of sp³-hybridized carbons (Fsp3) is 0.200. The maximum Gasteiger partial charge on any atom is 0.175 e. The lowest BCUT2D eigenvalue weighted by molar-refractivity contribution is 0.269. The van der Waals surface area contributed by atoms with Crippen LogP contribution >= 0.6 is 15.9 Å². The first-order valence-corrected chi connectivity index (χ1v) is 6.89. The number of methoxy groups -OCH3 is 1. The Morgan fingerprint density at radius 3 is 2.67 bits per heavy atom. The molecule has 0 fully saturated rings. The molecular formula is C15H13BrF2O3. The van der Waals surface area contributed by atoms with Gasteiger partial charge in [0.1, 0.15) is 6.61 Å². The van der Waals surface area contributed by atoms with Crippen LogP contribution in [0.15, 0.2) is 34.8 Å². The highest BCUT2D eigenvalue weighted by molar-refractivity contribution is 9.10. The second-order valence-corrected chi connectivity index (χ2v) is 5.12. The second-order valence-electron chi connectivity index (χ2n) is 4.27. The molecule has 112 valence electrons. The fourth-order valence-electron chi connectivity index (χ4n) is 1.81. The Hall–Kier alpha value is -1.66. The molecular weight excluding hydrogens is 346 g/mol. The van der Waals surface area contributed by atoms with E-state index in [2.05, 4.69) is 15.9 Å². The van der Waals surface area contributed by atoms with Crippen molar-refractivity contribution < 1.29 is 23.4 Å². The summed E-state index contributed by atoms with van der Waals surface area (Å²) in [5, 5.41) is 9.14. The van der Waals surface area contributed by atoms with Crippen LogP contribution in [0.3, 0.4) is 0 Å². The number of ether oxygens (including phenoxy) is 2. The molecule has 0 aliphatic rings. The lowest BCUT2D eigenvalue weighted by Crippen LogP contribution is -2.02. The van der Waals surface area contributed by atoms with Crippen LogP contribution in [0.25, 0.3) is 0 Å². The van der Waals surface area contributed by atoms with Gasteiger partial charge in [0.05, 0.1) is 18.2 Å². The molecule has 2 aromatic carbocycles. The molecule has 3 nitrogen and oxygen atoms in total. The minimum Gasteiger partial charge on any atom is -0.493 e. The molecule has 0 aromatic heterocycles. The van der Waals surface area contributed by atoms with Crippen molar-refractivity contribution in [3.05, 3.63) is 57.6 Å². The average Bonchev–Trinajstić information content (AvgIpc) is 2.49. The van der Waals surface area contributed by atoms with Gasteiger partial charge >= 0.3 is 0 Å². The maximum absolute atomic E-state index is 13.6. The molecule has 0 saturated carbocycles. The number of rotatable bonds is 5. The van der Waals surface area contributed by atoms with Gasteiger partial charge in [0, 0.05) is 5.56 Å². The van der Waals surface area contributed by atoms with Gasteiger partial charge in [-0.05, 0) is 39.7 Å². The number of benzene rings is 2. The summed E-state index contributed by atoms with van der Waals surface area (Å²) in [5.41, 5.74) is 0.748. The predicted octanol–water partition coefficient (Wildman–Crippen LogP) is 3.81. The molecule has 2 aromatic rings. The Balaban J connectivity index is 2.25. The summed E-state index contributed by atoms with van der Waals surface area (Å²) >= 11 is 3.30. The molecule has 6 heteroatoms. The summed E-state index contributed by atoms with van der Waals surface area (Å²) < 4.78 is 38.0. The van der Waals surface area contributed by atoms with Gasteiger partial charge in [-0.25, -0.2) is 8.78 Å². The Labute approximate surface area is 129 Å². The number of hydrogen-bond acceptors (Lipinski definition) is 3. The van der Waals surface area contributed by atoms with E-state index in [0.717, 1.165) is 6.07 Å². The van der Waals surface area contributed by atoms with E-state index >= 15 is 0 Å². The van der Waals surface area contributed by atoms with Crippen LogP contribution in [0.1, 0.15) is 11.1 Å². The summed E-state index contributed by atoms with van der Waals surface area (Å²) in [6, 6.07) is 7.19. The topological polar surface area (TPSA) is 38.7 Å². The van der Waals surface area contributed by atoms with Crippen molar-refractivity contribution in [1.29, 1.82) is 0 Å². The van der Waals surface area contributed by atoms with Crippen molar-refractivity contribution in [2.24, 2.45) is 0 Å². The highest BCUT2D eigenvalue weighted by atomic mass is 79.9. The molecule has 0 bridgehead atoms. The van der Waals surface area contributed by atoms with E-state index in [1.54, 1.807) is 12.1 Å². The van der Waals surface area contributed by atoms with Gasteiger partial charge in [-0.3, -0.25) is 0 Å². The fourth-order valence-corrected chi connectivity index (χ4v) is 2.42. The van der Waals surface area contributed by atoms with Crippen LogP contribution in [-0.2, 0) is 13.2 Å². The van der Waals surface area contributed by atoms with Gasteiger partial charge < -0.3 is 14.6 Å². The largest absolute Gasteiger partial charge is 0.493 e. The minimum atomic E-state index is -0.931. The quantitative estimate of drug-likeness (QED) is 0.883. The Morgan fingerprint density at radius 1 is 1.24 bits per heavy atom. The summed E-state index contributed by atoms with van der Waals surface area (Å²) in [5.74, 6) is -1.10. The third-order valence-corrected chi connectivity index (χ3v) is 3.46. The van der Waals surface area contributed by atoms with Crippen LogP contribution in [0, 0.1) is 11.6 Å². The smallest absolute Gasteiger partial charge is 0.175 e. The van der Waals surface area contributed by atoms with Gasteiger partial charge in [0.25, 0.3) is 0 Å². The van der Waals surface area contributed by atoms with E-state index in [1.807, 2.05) is 0 Å². The zero-order valence-corrected chi connectivity index (χ0v) is 12.8. The van der Waals surface area contributed by atoms with E-state index < -0.39 is 11.6 Å². The molecule has 0 atom stereocenters. The molecule has 0 spiro atoms. The van der Waals surface area contributed by atoms with Crippen LogP contribution in [-0.4, -0.2) is 12.2 Å². The van der Waals surface area contributed by atoms with Crippen molar-refractivity contribution >= 4 is 15.9 Å². The second kappa shape index (κ2) is 6.87. The molecule has 0 aliphatic heterocycles. The number of aliphatic hydroxyl groups is 1. The number of halogens is 3. The van der Waals surface area contributed by atoms with E-state index in [9.17, 15) is 8.78 Å². The van der Waals surface area contributed by atoms with E-state index in [1.165, 1.54) is 19.2 Å². The molecule has 2 rings (SSSR count). The lowest BCUT2D eigenvalue weighted by Gasteiger charge is -2.14. The zero-order valence-electron chi connectivity index (χ0n) is 11.2. The van der Waals surface area contributed by atoms with Crippen molar-refractivity contribution in [2.75, 3.05) is 7.11 Å². The molecule has 0 aliphatic carbocycles. The molecule has 0 unspecified atom stereocenters. The highest BCUT2D eigenvalue weighted by Gasteiger charge is 2.14. The first kappa shape index (κ1) is 15.7. The Kier molecular flexibility index (Phi) is 5.14. The maximum atomic E-state index is 13.6. The third kappa shape index (κ3) is 3.51. The Morgan fingerprint density at radius 2 is 2.00 bits per heavy atom. The monoisotopic (exact) mass is 358 g/mol. The third-order valence-electron chi connectivity index (χ3n) is 2.88. The van der Waals surface area contributed by atoms with Crippen LogP contribution in [0.4, 0.5) is 8.78 Å². The van der Waals surface area contributed by atoms with Gasteiger partial charge in [-0.2, -0.15) is 0 Å². The zero-order chi connectivity index (χ0) is 15.4. The molecule has 0 heterocycles. The highest BCUT2D eigenvalue weighted by Crippen LogP contribution is 2.37. The lowest BCUT2D eigenvalue weighted by atomic mass is 10.2. The van der Waals surface area contributed by atoms with Crippen LogP contribution in [0.2, 0.25) is 0 Å². The minimum absolute atomic E-state index is 0.107. The van der Waals surface area contributed by atoms with Crippen molar-refractivity contribution in [3.63, 3.8) is 0 Å². The van der Waals surface area contributed by atoms with Crippen LogP contribution < -0.4 is 9.47 Å². The van der Waals surface area contributed by atoms with E-state index in [4.69, 9.17) is 14.6 Å². The molecule has 1 N–H and O–H groups in total. The average molecular weight is 359 g/mol. The predicted molar refractivity (Wildman–Crippen MR) is 77.3 cm³/mol.